The molecule has 19 heavy (non-hydrogen) atoms. The Morgan fingerprint density at radius 1 is 1.47 bits per heavy atom. The van der Waals surface area contributed by atoms with Crippen LogP contribution in [0.1, 0.15) is 20.3 Å². The lowest BCUT2D eigenvalue weighted by atomic mass is 10.1. The van der Waals surface area contributed by atoms with Gasteiger partial charge in [0.15, 0.2) is 0 Å². The minimum atomic E-state index is -0.926. The highest BCUT2D eigenvalue weighted by atomic mass is 16.5. The van der Waals surface area contributed by atoms with E-state index in [1.165, 1.54) is 4.90 Å². The highest BCUT2D eigenvalue weighted by Gasteiger charge is 2.35. The molecule has 1 aliphatic heterocycles. The number of carbonyl (C=O) groups is 2. The van der Waals surface area contributed by atoms with Crippen molar-refractivity contribution < 1.29 is 19.4 Å². The third-order valence-electron chi connectivity index (χ3n) is 2.98. The Hall–Kier alpha value is -2.04. The number of hydrogen-bond donors (Lipinski definition) is 1. The first kappa shape index (κ1) is 13.4. The third-order valence-corrected chi connectivity index (χ3v) is 2.98. The molecule has 0 spiro atoms. The van der Waals surface area contributed by atoms with Gasteiger partial charge in [-0.1, -0.05) is 6.07 Å². The molecule has 0 aliphatic carbocycles. The maximum Gasteiger partial charge on any atom is 0.308 e. The van der Waals surface area contributed by atoms with Gasteiger partial charge in [0.25, 0.3) is 0 Å². The van der Waals surface area contributed by atoms with Crippen LogP contribution < -0.4 is 9.64 Å². The van der Waals surface area contributed by atoms with E-state index < -0.39 is 11.9 Å². The van der Waals surface area contributed by atoms with E-state index in [4.69, 9.17) is 9.84 Å². The second-order valence-corrected chi connectivity index (χ2v) is 4.91. The van der Waals surface area contributed by atoms with E-state index in [9.17, 15) is 9.59 Å². The molecule has 1 heterocycles. The average Bonchev–Trinajstić information content (AvgIpc) is 2.71. The molecule has 1 aliphatic rings. The molecule has 1 atom stereocenters. The molecule has 1 aromatic carbocycles. The summed E-state index contributed by atoms with van der Waals surface area (Å²) >= 11 is 0. The monoisotopic (exact) mass is 263 g/mol. The first-order valence-corrected chi connectivity index (χ1v) is 6.27. The van der Waals surface area contributed by atoms with Crippen LogP contribution in [0.3, 0.4) is 0 Å². The second kappa shape index (κ2) is 5.30. The van der Waals surface area contributed by atoms with Gasteiger partial charge in [-0.3, -0.25) is 9.59 Å². The van der Waals surface area contributed by atoms with Crippen molar-refractivity contribution in [3.63, 3.8) is 0 Å². The number of hydrogen-bond acceptors (Lipinski definition) is 3. The fraction of sp³-hybridized carbons (Fsp3) is 0.429. The standard InChI is InChI=1S/C14H17NO4/c1-9(2)19-12-5-3-4-11(7-12)15-8-10(14(17)18)6-13(15)16/h3-5,7,9-10H,6,8H2,1-2H3,(H,17,18). The van der Waals surface area contributed by atoms with E-state index in [2.05, 4.69) is 0 Å². The number of benzene rings is 1. The molecular weight excluding hydrogens is 246 g/mol. The summed E-state index contributed by atoms with van der Waals surface area (Å²) in [5, 5.41) is 8.97. The second-order valence-electron chi connectivity index (χ2n) is 4.91. The van der Waals surface area contributed by atoms with Crippen LogP contribution in [0.25, 0.3) is 0 Å². The number of carbonyl (C=O) groups excluding carboxylic acids is 1. The summed E-state index contributed by atoms with van der Waals surface area (Å²) in [6.45, 7) is 4.07. The molecule has 1 saturated heterocycles. The molecule has 2 rings (SSSR count). The number of amides is 1. The maximum atomic E-state index is 11.8. The van der Waals surface area contributed by atoms with Gasteiger partial charge in [0, 0.05) is 24.7 Å². The zero-order valence-electron chi connectivity index (χ0n) is 11.0. The lowest BCUT2D eigenvalue weighted by Crippen LogP contribution is -2.25. The van der Waals surface area contributed by atoms with Crippen molar-refractivity contribution in [2.24, 2.45) is 5.92 Å². The van der Waals surface area contributed by atoms with Crippen LogP contribution in [0.2, 0.25) is 0 Å². The number of rotatable bonds is 4. The van der Waals surface area contributed by atoms with Gasteiger partial charge in [-0.15, -0.1) is 0 Å². The van der Waals surface area contributed by atoms with Gasteiger partial charge in [0.2, 0.25) is 5.91 Å². The summed E-state index contributed by atoms with van der Waals surface area (Å²) in [5.74, 6) is -1.03. The SMILES string of the molecule is CC(C)Oc1cccc(N2CC(C(=O)O)CC2=O)c1. The normalized spacial score (nSPS) is 19.0. The summed E-state index contributed by atoms with van der Waals surface area (Å²) in [4.78, 5) is 24.3. The number of anilines is 1. The van der Waals surface area contributed by atoms with Crippen LogP contribution in [0, 0.1) is 5.92 Å². The number of nitrogens with zero attached hydrogens (tertiary/aromatic N) is 1. The van der Waals surface area contributed by atoms with E-state index in [1.54, 1.807) is 18.2 Å². The van der Waals surface area contributed by atoms with Crippen LogP contribution in [0.15, 0.2) is 24.3 Å². The summed E-state index contributed by atoms with van der Waals surface area (Å²) in [6.07, 6.45) is 0.112. The lowest BCUT2D eigenvalue weighted by molar-refractivity contribution is -0.141. The smallest absolute Gasteiger partial charge is 0.308 e. The van der Waals surface area contributed by atoms with Gasteiger partial charge in [0.1, 0.15) is 5.75 Å². The van der Waals surface area contributed by atoms with Crippen LogP contribution in [0.4, 0.5) is 5.69 Å². The molecule has 1 unspecified atom stereocenters. The zero-order chi connectivity index (χ0) is 14.0. The first-order chi connectivity index (χ1) is 8.97. The highest BCUT2D eigenvalue weighted by Crippen LogP contribution is 2.28. The Morgan fingerprint density at radius 2 is 2.21 bits per heavy atom. The Balaban J connectivity index is 2.18. The quantitative estimate of drug-likeness (QED) is 0.901. The number of ether oxygens (including phenoxy) is 1. The van der Waals surface area contributed by atoms with Gasteiger partial charge < -0.3 is 14.7 Å². The summed E-state index contributed by atoms with van der Waals surface area (Å²) in [5.41, 5.74) is 0.687. The van der Waals surface area contributed by atoms with E-state index in [1.807, 2.05) is 19.9 Å². The molecule has 1 N–H and O–H groups in total. The topological polar surface area (TPSA) is 66.8 Å². The number of carboxylic acid groups (broad SMARTS) is 1. The highest BCUT2D eigenvalue weighted by molar-refractivity contribution is 5.99. The molecule has 0 radical (unpaired) electrons. The zero-order valence-corrected chi connectivity index (χ0v) is 11.0. The van der Waals surface area contributed by atoms with Crippen LogP contribution in [-0.4, -0.2) is 29.6 Å². The van der Waals surface area contributed by atoms with E-state index in [0.717, 1.165) is 0 Å². The summed E-state index contributed by atoms with van der Waals surface area (Å²) in [6, 6.07) is 7.17. The minimum absolute atomic E-state index is 0.0521. The molecular formula is C14H17NO4. The fourth-order valence-corrected chi connectivity index (χ4v) is 2.12. The van der Waals surface area contributed by atoms with Gasteiger partial charge in [-0.25, -0.2) is 0 Å². The number of aliphatic carboxylic acids is 1. The van der Waals surface area contributed by atoms with E-state index in [0.29, 0.717) is 11.4 Å². The molecule has 5 nitrogen and oxygen atoms in total. The third kappa shape index (κ3) is 3.05. The van der Waals surface area contributed by atoms with E-state index >= 15 is 0 Å². The minimum Gasteiger partial charge on any atom is -0.491 e. The van der Waals surface area contributed by atoms with Crippen LogP contribution >= 0.6 is 0 Å². The van der Waals surface area contributed by atoms with Crippen molar-refractivity contribution in [1.82, 2.24) is 0 Å². The molecule has 1 fully saturated rings. The summed E-state index contributed by atoms with van der Waals surface area (Å²) < 4.78 is 5.57. The molecule has 5 heteroatoms. The van der Waals surface area contributed by atoms with Gasteiger partial charge in [0.05, 0.1) is 12.0 Å². The van der Waals surface area contributed by atoms with E-state index in [-0.39, 0.29) is 25.0 Å². The summed E-state index contributed by atoms with van der Waals surface area (Å²) in [7, 11) is 0. The Morgan fingerprint density at radius 3 is 2.79 bits per heavy atom. The van der Waals surface area contributed by atoms with Crippen molar-refractivity contribution in [3.8, 4) is 5.75 Å². The van der Waals surface area contributed by atoms with Crippen molar-refractivity contribution >= 4 is 17.6 Å². The molecule has 0 aromatic heterocycles. The van der Waals surface area contributed by atoms with Crippen LogP contribution in [0.5, 0.6) is 5.75 Å². The molecule has 102 valence electrons. The Kier molecular flexibility index (Phi) is 3.74. The Labute approximate surface area is 111 Å². The fourth-order valence-electron chi connectivity index (χ4n) is 2.12. The van der Waals surface area contributed by atoms with Crippen LogP contribution in [-0.2, 0) is 9.59 Å². The van der Waals surface area contributed by atoms with Crippen molar-refractivity contribution in [1.29, 1.82) is 0 Å². The van der Waals surface area contributed by atoms with Gasteiger partial charge in [-0.2, -0.15) is 0 Å². The predicted molar refractivity (Wildman–Crippen MR) is 70.3 cm³/mol. The molecule has 0 bridgehead atoms. The molecule has 1 amide bonds. The van der Waals surface area contributed by atoms with Crippen molar-refractivity contribution in [2.75, 3.05) is 11.4 Å². The van der Waals surface area contributed by atoms with Gasteiger partial charge >= 0.3 is 5.97 Å². The predicted octanol–water partition coefficient (Wildman–Crippen LogP) is 1.91. The Bertz CT molecular complexity index is 498. The average molecular weight is 263 g/mol. The first-order valence-electron chi connectivity index (χ1n) is 6.27. The largest absolute Gasteiger partial charge is 0.491 e. The number of carboxylic acids is 1. The molecule has 1 aromatic rings. The lowest BCUT2D eigenvalue weighted by Gasteiger charge is -2.18. The van der Waals surface area contributed by atoms with Crippen molar-refractivity contribution in [3.05, 3.63) is 24.3 Å². The molecule has 0 saturated carbocycles. The van der Waals surface area contributed by atoms with Crippen molar-refractivity contribution in [2.45, 2.75) is 26.4 Å². The van der Waals surface area contributed by atoms with Gasteiger partial charge in [-0.05, 0) is 26.0 Å². The maximum absolute atomic E-state index is 11.8.